The maximum Gasteiger partial charge on any atom is 0.239 e. The summed E-state index contributed by atoms with van der Waals surface area (Å²) in [6.07, 6.45) is 0. The summed E-state index contributed by atoms with van der Waals surface area (Å²) < 4.78 is 0. The van der Waals surface area contributed by atoms with Crippen molar-refractivity contribution < 1.29 is 4.79 Å². The van der Waals surface area contributed by atoms with Gasteiger partial charge in [-0.25, -0.2) is 0 Å². The number of carbonyl (C=O) groups excluding carboxylic acids is 1. The second-order valence-electron chi connectivity index (χ2n) is 4.87. The molecule has 1 amide bonds. The Kier molecular flexibility index (Phi) is 5.48. The minimum atomic E-state index is -0.00410. The lowest BCUT2D eigenvalue weighted by Gasteiger charge is -2.18. The summed E-state index contributed by atoms with van der Waals surface area (Å²) in [6, 6.07) is 5.80. The molecule has 2 N–H and O–H groups in total. The number of amides is 1. The number of halogens is 1. The highest BCUT2D eigenvalue weighted by Crippen LogP contribution is 2.22. The smallest absolute Gasteiger partial charge is 0.239 e. The average molecular weight is 269 g/mol. The number of nitrogens with one attached hydrogen (secondary N) is 2. The van der Waals surface area contributed by atoms with Gasteiger partial charge in [0.05, 0.1) is 6.54 Å². The molecule has 100 valence electrons. The molecule has 18 heavy (non-hydrogen) atoms. The van der Waals surface area contributed by atoms with Gasteiger partial charge < -0.3 is 10.6 Å². The molecule has 0 spiro atoms. The Bertz CT molecular complexity index is 418. The standard InChI is InChI=1S/C14H21ClN2O/c1-9(2)11(4)17-14(18)8-16-13-7-5-6-12(15)10(13)3/h5-7,9,11,16H,8H2,1-4H3,(H,17,18). The van der Waals surface area contributed by atoms with Crippen LogP contribution in [0, 0.1) is 12.8 Å². The first-order chi connectivity index (χ1) is 8.41. The molecule has 0 aliphatic heterocycles. The van der Waals surface area contributed by atoms with Crippen molar-refractivity contribution in [2.75, 3.05) is 11.9 Å². The van der Waals surface area contributed by atoms with Gasteiger partial charge in [-0.05, 0) is 37.5 Å². The maximum absolute atomic E-state index is 11.7. The van der Waals surface area contributed by atoms with E-state index in [1.807, 2.05) is 32.0 Å². The van der Waals surface area contributed by atoms with Crippen LogP contribution in [0.5, 0.6) is 0 Å². The molecule has 0 saturated carbocycles. The number of benzene rings is 1. The average Bonchev–Trinajstić information content (AvgIpc) is 2.31. The zero-order chi connectivity index (χ0) is 13.7. The van der Waals surface area contributed by atoms with Crippen LogP contribution in [-0.4, -0.2) is 18.5 Å². The summed E-state index contributed by atoms with van der Waals surface area (Å²) >= 11 is 6.01. The minimum Gasteiger partial charge on any atom is -0.376 e. The van der Waals surface area contributed by atoms with Crippen molar-refractivity contribution in [3.8, 4) is 0 Å². The summed E-state index contributed by atoms with van der Waals surface area (Å²) in [5.74, 6) is 0.428. The van der Waals surface area contributed by atoms with E-state index >= 15 is 0 Å². The second-order valence-corrected chi connectivity index (χ2v) is 5.27. The topological polar surface area (TPSA) is 41.1 Å². The molecule has 1 aromatic carbocycles. The first kappa shape index (κ1) is 14.8. The van der Waals surface area contributed by atoms with Gasteiger partial charge in [0.15, 0.2) is 0 Å². The summed E-state index contributed by atoms with van der Waals surface area (Å²) in [4.78, 5) is 11.7. The Hall–Kier alpha value is -1.22. The van der Waals surface area contributed by atoms with Crippen LogP contribution in [-0.2, 0) is 4.79 Å². The third kappa shape index (κ3) is 4.22. The first-order valence-electron chi connectivity index (χ1n) is 6.20. The Morgan fingerprint density at radius 1 is 1.33 bits per heavy atom. The van der Waals surface area contributed by atoms with Gasteiger partial charge in [-0.1, -0.05) is 31.5 Å². The fraction of sp³-hybridized carbons (Fsp3) is 0.500. The van der Waals surface area contributed by atoms with Crippen LogP contribution in [0.2, 0.25) is 5.02 Å². The van der Waals surface area contributed by atoms with E-state index < -0.39 is 0 Å². The van der Waals surface area contributed by atoms with Gasteiger partial charge in [0, 0.05) is 16.8 Å². The fourth-order valence-corrected chi connectivity index (χ4v) is 1.62. The normalized spacial score (nSPS) is 12.3. The number of anilines is 1. The Balaban J connectivity index is 2.50. The van der Waals surface area contributed by atoms with Gasteiger partial charge in [0.1, 0.15) is 0 Å². The lowest BCUT2D eigenvalue weighted by Crippen LogP contribution is -2.39. The third-order valence-corrected chi connectivity index (χ3v) is 3.51. The SMILES string of the molecule is Cc1c(Cl)cccc1NCC(=O)NC(C)C(C)C. The van der Waals surface area contributed by atoms with E-state index in [0.717, 1.165) is 11.3 Å². The van der Waals surface area contributed by atoms with Crippen molar-refractivity contribution in [2.24, 2.45) is 5.92 Å². The molecule has 1 rings (SSSR count). The molecule has 3 nitrogen and oxygen atoms in total. The zero-order valence-corrected chi connectivity index (χ0v) is 12.1. The maximum atomic E-state index is 11.7. The number of rotatable bonds is 5. The highest BCUT2D eigenvalue weighted by molar-refractivity contribution is 6.31. The molecular weight excluding hydrogens is 248 g/mol. The van der Waals surface area contributed by atoms with Gasteiger partial charge >= 0.3 is 0 Å². The number of carbonyl (C=O) groups is 1. The lowest BCUT2D eigenvalue weighted by atomic mass is 10.1. The van der Waals surface area contributed by atoms with Crippen LogP contribution in [0.4, 0.5) is 5.69 Å². The highest BCUT2D eigenvalue weighted by atomic mass is 35.5. The number of hydrogen-bond acceptors (Lipinski definition) is 2. The molecule has 0 aliphatic rings. The van der Waals surface area contributed by atoms with Crippen LogP contribution in [0.3, 0.4) is 0 Å². The molecule has 0 fully saturated rings. The highest BCUT2D eigenvalue weighted by Gasteiger charge is 2.10. The minimum absolute atomic E-state index is 0.00410. The van der Waals surface area contributed by atoms with Crippen LogP contribution in [0.25, 0.3) is 0 Å². The molecule has 0 bridgehead atoms. The van der Waals surface area contributed by atoms with E-state index in [9.17, 15) is 4.79 Å². The fourth-order valence-electron chi connectivity index (χ4n) is 1.45. The predicted octanol–water partition coefficient (Wildman–Crippen LogP) is 3.22. The molecule has 0 aromatic heterocycles. The van der Waals surface area contributed by atoms with E-state index in [-0.39, 0.29) is 18.5 Å². The van der Waals surface area contributed by atoms with Gasteiger partial charge in [-0.15, -0.1) is 0 Å². The van der Waals surface area contributed by atoms with Gasteiger partial charge in [-0.3, -0.25) is 4.79 Å². The van der Waals surface area contributed by atoms with Crippen molar-refractivity contribution in [1.82, 2.24) is 5.32 Å². The molecular formula is C14H21ClN2O. The zero-order valence-electron chi connectivity index (χ0n) is 11.4. The summed E-state index contributed by atoms with van der Waals surface area (Å²) in [7, 11) is 0. The Morgan fingerprint density at radius 2 is 2.00 bits per heavy atom. The van der Waals surface area contributed by atoms with Crippen molar-refractivity contribution >= 4 is 23.2 Å². The molecule has 0 heterocycles. The van der Waals surface area contributed by atoms with Crippen LogP contribution in [0.15, 0.2) is 18.2 Å². The molecule has 1 aromatic rings. The molecule has 1 unspecified atom stereocenters. The van der Waals surface area contributed by atoms with E-state index in [0.29, 0.717) is 10.9 Å². The molecule has 0 saturated heterocycles. The van der Waals surface area contributed by atoms with E-state index in [2.05, 4.69) is 24.5 Å². The Labute approximate surface area is 114 Å². The van der Waals surface area contributed by atoms with Crippen molar-refractivity contribution in [3.05, 3.63) is 28.8 Å². The monoisotopic (exact) mass is 268 g/mol. The third-order valence-electron chi connectivity index (χ3n) is 3.10. The van der Waals surface area contributed by atoms with Crippen molar-refractivity contribution in [3.63, 3.8) is 0 Å². The summed E-state index contributed by atoms with van der Waals surface area (Å²) in [6.45, 7) is 8.36. The lowest BCUT2D eigenvalue weighted by molar-refractivity contribution is -0.120. The van der Waals surface area contributed by atoms with Crippen LogP contribution < -0.4 is 10.6 Å². The van der Waals surface area contributed by atoms with E-state index in [1.165, 1.54) is 0 Å². The van der Waals surface area contributed by atoms with Gasteiger partial charge in [0.25, 0.3) is 0 Å². The molecule has 0 radical (unpaired) electrons. The van der Waals surface area contributed by atoms with Gasteiger partial charge in [-0.2, -0.15) is 0 Å². The summed E-state index contributed by atoms with van der Waals surface area (Å²) in [5, 5.41) is 6.76. The first-order valence-corrected chi connectivity index (χ1v) is 6.58. The van der Waals surface area contributed by atoms with Gasteiger partial charge in [0.2, 0.25) is 5.91 Å². The largest absolute Gasteiger partial charge is 0.376 e. The predicted molar refractivity (Wildman–Crippen MR) is 77.1 cm³/mol. The van der Waals surface area contributed by atoms with Crippen LogP contribution >= 0.6 is 11.6 Å². The summed E-state index contributed by atoms with van der Waals surface area (Å²) in [5.41, 5.74) is 1.86. The van der Waals surface area contributed by atoms with E-state index in [4.69, 9.17) is 11.6 Å². The molecule has 0 aliphatic carbocycles. The van der Waals surface area contributed by atoms with Crippen molar-refractivity contribution in [2.45, 2.75) is 33.7 Å². The van der Waals surface area contributed by atoms with Crippen LogP contribution in [0.1, 0.15) is 26.3 Å². The molecule has 1 atom stereocenters. The number of hydrogen-bond donors (Lipinski definition) is 2. The second kappa shape index (κ2) is 6.64. The van der Waals surface area contributed by atoms with E-state index in [1.54, 1.807) is 0 Å². The van der Waals surface area contributed by atoms with Crippen molar-refractivity contribution in [1.29, 1.82) is 0 Å². The quantitative estimate of drug-likeness (QED) is 0.861. The Morgan fingerprint density at radius 3 is 2.61 bits per heavy atom. The molecule has 4 heteroatoms.